The van der Waals surface area contributed by atoms with E-state index in [-0.39, 0.29) is 0 Å². The zero-order valence-corrected chi connectivity index (χ0v) is 13.1. The van der Waals surface area contributed by atoms with Crippen molar-refractivity contribution in [3.63, 3.8) is 0 Å². The molecule has 0 spiro atoms. The number of rotatable bonds is 6. The first-order valence-electron chi connectivity index (χ1n) is 6.81. The summed E-state index contributed by atoms with van der Waals surface area (Å²) in [6, 6.07) is 7.30. The Kier molecular flexibility index (Phi) is 5.55. The fourth-order valence-corrected chi connectivity index (χ4v) is 1.87. The van der Waals surface area contributed by atoms with E-state index in [0.717, 1.165) is 11.1 Å². The van der Waals surface area contributed by atoms with Gasteiger partial charge in [0.2, 0.25) is 11.7 Å². The highest BCUT2D eigenvalue weighted by atomic mass is 35.5. The van der Waals surface area contributed by atoms with Crippen molar-refractivity contribution in [2.75, 3.05) is 13.1 Å². The van der Waals surface area contributed by atoms with E-state index in [4.69, 9.17) is 21.9 Å². The van der Waals surface area contributed by atoms with Gasteiger partial charge in [-0.25, -0.2) is 4.99 Å². The van der Waals surface area contributed by atoms with Crippen molar-refractivity contribution >= 4 is 17.6 Å². The molecule has 0 aliphatic rings. The van der Waals surface area contributed by atoms with Crippen LogP contribution >= 0.6 is 11.6 Å². The molecule has 2 aromatic rings. The minimum absolute atomic E-state index is 0.373. The molecule has 0 saturated carbocycles. The number of nitrogens with zero attached hydrogens (tertiary/aromatic N) is 3. The van der Waals surface area contributed by atoms with Crippen LogP contribution in [0.25, 0.3) is 11.4 Å². The molecule has 0 radical (unpaired) electrons. The lowest BCUT2D eigenvalue weighted by Crippen LogP contribution is -2.33. The summed E-state index contributed by atoms with van der Waals surface area (Å²) in [6.45, 7) is 6.73. The molecule has 7 heteroatoms. The largest absolute Gasteiger partial charge is 0.370 e. The molecule has 2 rings (SSSR count). The number of hydrogen-bond donors (Lipinski definition) is 2. The summed E-state index contributed by atoms with van der Waals surface area (Å²) >= 11 is 5.94. The van der Waals surface area contributed by atoms with E-state index >= 15 is 0 Å². The molecule has 0 atom stereocenters. The fraction of sp³-hybridized carbons (Fsp3) is 0.267. The van der Waals surface area contributed by atoms with Gasteiger partial charge in [-0.05, 0) is 19.1 Å². The van der Waals surface area contributed by atoms with E-state index in [2.05, 4.69) is 27.0 Å². The lowest BCUT2D eigenvalue weighted by molar-refractivity contribution is 0.379. The Bertz CT molecular complexity index is 680. The van der Waals surface area contributed by atoms with Gasteiger partial charge in [0.1, 0.15) is 0 Å². The molecule has 0 bridgehead atoms. The van der Waals surface area contributed by atoms with E-state index in [1.54, 1.807) is 12.1 Å². The predicted octanol–water partition coefficient (Wildman–Crippen LogP) is 2.41. The highest BCUT2D eigenvalue weighted by Crippen LogP contribution is 2.19. The van der Waals surface area contributed by atoms with Gasteiger partial charge < -0.3 is 15.6 Å². The normalized spacial score (nSPS) is 11.5. The van der Waals surface area contributed by atoms with Crippen LogP contribution in [0.3, 0.4) is 0 Å². The Morgan fingerprint density at radius 1 is 1.50 bits per heavy atom. The monoisotopic (exact) mass is 319 g/mol. The summed E-state index contributed by atoms with van der Waals surface area (Å²) in [5.41, 5.74) is 7.48. The van der Waals surface area contributed by atoms with Gasteiger partial charge in [0, 0.05) is 23.6 Å². The molecular weight excluding hydrogens is 302 g/mol. The average molecular weight is 320 g/mol. The lowest BCUT2D eigenvalue weighted by atomic mass is 10.2. The first-order valence-corrected chi connectivity index (χ1v) is 7.19. The maximum atomic E-state index is 5.94. The van der Waals surface area contributed by atoms with Crippen LogP contribution in [0.1, 0.15) is 12.8 Å². The molecule has 0 amide bonds. The van der Waals surface area contributed by atoms with Gasteiger partial charge in [-0.2, -0.15) is 4.98 Å². The fourth-order valence-electron chi connectivity index (χ4n) is 1.67. The summed E-state index contributed by atoms with van der Waals surface area (Å²) in [5, 5.41) is 7.55. The second kappa shape index (κ2) is 7.61. The second-order valence-corrected chi connectivity index (χ2v) is 5.29. The molecule has 0 fully saturated rings. The van der Waals surface area contributed by atoms with Gasteiger partial charge >= 0.3 is 0 Å². The number of aliphatic imine (C=N–C) groups is 1. The van der Waals surface area contributed by atoms with Crippen molar-refractivity contribution in [1.82, 2.24) is 15.5 Å². The van der Waals surface area contributed by atoms with Gasteiger partial charge in [0.15, 0.2) is 5.96 Å². The van der Waals surface area contributed by atoms with E-state index in [1.165, 1.54) is 0 Å². The minimum Gasteiger partial charge on any atom is -0.370 e. The first-order chi connectivity index (χ1) is 10.5. The van der Waals surface area contributed by atoms with Crippen molar-refractivity contribution < 1.29 is 4.52 Å². The molecule has 1 aromatic carbocycles. The van der Waals surface area contributed by atoms with Crippen LogP contribution in [-0.4, -0.2) is 29.2 Å². The van der Waals surface area contributed by atoms with Crippen molar-refractivity contribution in [3.05, 3.63) is 47.3 Å². The quantitative estimate of drug-likeness (QED) is 0.485. The van der Waals surface area contributed by atoms with Crippen molar-refractivity contribution in [2.45, 2.75) is 13.3 Å². The van der Waals surface area contributed by atoms with Crippen LogP contribution in [0.4, 0.5) is 0 Å². The number of benzene rings is 1. The summed E-state index contributed by atoms with van der Waals surface area (Å²) < 4.78 is 5.20. The van der Waals surface area contributed by atoms with Crippen molar-refractivity contribution in [1.29, 1.82) is 0 Å². The second-order valence-electron chi connectivity index (χ2n) is 4.86. The maximum absolute atomic E-state index is 5.94. The molecular formula is C15H18ClN5O. The van der Waals surface area contributed by atoms with Gasteiger partial charge in [-0.3, -0.25) is 0 Å². The van der Waals surface area contributed by atoms with Gasteiger partial charge in [0.05, 0.1) is 6.54 Å². The summed E-state index contributed by atoms with van der Waals surface area (Å²) in [6.07, 6.45) is 0.552. The Hall–Kier alpha value is -2.34. The summed E-state index contributed by atoms with van der Waals surface area (Å²) in [7, 11) is 0. The number of nitrogens with two attached hydrogens (primary N) is 1. The molecule has 0 saturated heterocycles. The number of hydrogen-bond acceptors (Lipinski definition) is 4. The van der Waals surface area contributed by atoms with Crippen LogP contribution in [0.2, 0.25) is 5.02 Å². The third-order valence-electron chi connectivity index (χ3n) is 2.72. The van der Waals surface area contributed by atoms with E-state index in [1.807, 2.05) is 19.1 Å². The number of aromatic nitrogens is 2. The van der Waals surface area contributed by atoms with Crippen LogP contribution < -0.4 is 11.1 Å². The Morgan fingerprint density at radius 2 is 2.32 bits per heavy atom. The van der Waals surface area contributed by atoms with Crippen molar-refractivity contribution in [2.24, 2.45) is 10.7 Å². The molecule has 116 valence electrons. The SMILES string of the molecule is C=C(C)CN=C(N)NCCc1nc(-c2cccc(Cl)c2)no1. The van der Waals surface area contributed by atoms with Crippen LogP contribution in [-0.2, 0) is 6.42 Å². The lowest BCUT2D eigenvalue weighted by Gasteiger charge is -2.03. The molecule has 1 aromatic heterocycles. The highest BCUT2D eigenvalue weighted by molar-refractivity contribution is 6.30. The zero-order chi connectivity index (χ0) is 15.9. The zero-order valence-electron chi connectivity index (χ0n) is 12.3. The average Bonchev–Trinajstić information content (AvgIpc) is 2.94. The summed E-state index contributed by atoms with van der Waals surface area (Å²) in [4.78, 5) is 8.44. The molecule has 6 nitrogen and oxygen atoms in total. The molecule has 3 N–H and O–H groups in total. The van der Waals surface area contributed by atoms with E-state index in [9.17, 15) is 0 Å². The molecule has 1 heterocycles. The Balaban J connectivity index is 1.88. The molecule has 0 aliphatic heterocycles. The third-order valence-corrected chi connectivity index (χ3v) is 2.95. The Morgan fingerprint density at radius 3 is 3.05 bits per heavy atom. The van der Waals surface area contributed by atoms with Crippen LogP contribution in [0.15, 0.2) is 45.9 Å². The molecule has 22 heavy (non-hydrogen) atoms. The van der Waals surface area contributed by atoms with Crippen molar-refractivity contribution in [3.8, 4) is 11.4 Å². The topological polar surface area (TPSA) is 89.3 Å². The molecule has 0 aliphatic carbocycles. The number of halogens is 1. The summed E-state index contributed by atoms with van der Waals surface area (Å²) in [5.74, 6) is 1.41. The van der Waals surface area contributed by atoms with Gasteiger partial charge in [0.25, 0.3) is 0 Å². The van der Waals surface area contributed by atoms with Gasteiger partial charge in [-0.1, -0.05) is 41.0 Å². The first kappa shape index (κ1) is 16.0. The van der Waals surface area contributed by atoms with Gasteiger partial charge in [-0.15, -0.1) is 0 Å². The number of guanidine groups is 1. The maximum Gasteiger partial charge on any atom is 0.228 e. The number of nitrogens with one attached hydrogen (secondary N) is 1. The standard InChI is InChI=1S/C15H18ClN5O/c1-10(2)9-19-15(17)18-7-6-13-20-14(21-22-13)11-4-3-5-12(16)8-11/h3-5,8H,1,6-7,9H2,2H3,(H3,17,18,19). The third kappa shape index (κ3) is 4.89. The minimum atomic E-state index is 0.373. The smallest absolute Gasteiger partial charge is 0.228 e. The van der Waals surface area contributed by atoms with Crippen LogP contribution in [0.5, 0.6) is 0 Å². The highest BCUT2D eigenvalue weighted by Gasteiger charge is 2.08. The van der Waals surface area contributed by atoms with E-state index < -0.39 is 0 Å². The van der Waals surface area contributed by atoms with E-state index in [0.29, 0.717) is 42.2 Å². The van der Waals surface area contributed by atoms with Crippen LogP contribution in [0, 0.1) is 0 Å². The molecule has 0 unspecified atom stereocenters. The predicted molar refractivity (Wildman–Crippen MR) is 87.8 cm³/mol. The Labute approximate surface area is 134 Å².